The van der Waals surface area contributed by atoms with Crippen molar-refractivity contribution in [2.75, 3.05) is 25.2 Å². The van der Waals surface area contributed by atoms with Crippen LogP contribution in [0.25, 0.3) is 0 Å². The molecule has 3 unspecified atom stereocenters. The summed E-state index contributed by atoms with van der Waals surface area (Å²) in [5, 5.41) is 9.96. The quantitative estimate of drug-likeness (QED) is 0.753. The third kappa shape index (κ3) is 3.74. The number of aliphatic hydroxyl groups is 1. The van der Waals surface area contributed by atoms with Gasteiger partial charge in [0.15, 0.2) is 9.84 Å². The van der Waals surface area contributed by atoms with Crippen molar-refractivity contribution >= 4 is 9.84 Å². The second-order valence-electron chi connectivity index (χ2n) is 4.41. The highest BCUT2D eigenvalue weighted by Gasteiger charge is 2.34. The van der Waals surface area contributed by atoms with E-state index in [0.29, 0.717) is 13.0 Å². The molecular formula is C10H20O4S. The van der Waals surface area contributed by atoms with E-state index in [9.17, 15) is 13.5 Å². The van der Waals surface area contributed by atoms with Crippen molar-refractivity contribution in [2.45, 2.75) is 25.9 Å². The van der Waals surface area contributed by atoms with Gasteiger partial charge in [0.05, 0.1) is 17.6 Å². The first-order chi connectivity index (χ1) is 6.96. The van der Waals surface area contributed by atoms with E-state index < -0.39 is 15.9 Å². The first kappa shape index (κ1) is 12.9. The normalized spacial score (nSPS) is 28.9. The zero-order valence-electron chi connectivity index (χ0n) is 9.35. The van der Waals surface area contributed by atoms with Gasteiger partial charge in [-0.15, -0.1) is 0 Å². The first-order valence-corrected chi connectivity index (χ1v) is 7.16. The van der Waals surface area contributed by atoms with E-state index in [2.05, 4.69) is 0 Å². The Bertz CT molecular complexity index is 286. The molecule has 1 N–H and O–H groups in total. The van der Waals surface area contributed by atoms with Gasteiger partial charge in [0, 0.05) is 13.7 Å². The number of sulfone groups is 1. The van der Waals surface area contributed by atoms with Crippen molar-refractivity contribution in [3.05, 3.63) is 0 Å². The van der Waals surface area contributed by atoms with Gasteiger partial charge < -0.3 is 9.84 Å². The van der Waals surface area contributed by atoms with Crippen LogP contribution in [0.1, 0.15) is 19.8 Å². The lowest BCUT2D eigenvalue weighted by Crippen LogP contribution is -2.29. The van der Waals surface area contributed by atoms with Crippen LogP contribution in [-0.2, 0) is 14.6 Å². The molecule has 0 saturated carbocycles. The van der Waals surface area contributed by atoms with Gasteiger partial charge in [-0.25, -0.2) is 8.42 Å². The van der Waals surface area contributed by atoms with Gasteiger partial charge in [0.2, 0.25) is 0 Å². The van der Waals surface area contributed by atoms with Crippen LogP contribution in [0, 0.1) is 11.8 Å². The van der Waals surface area contributed by atoms with Crippen molar-refractivity contribution in [1.82, 2.24) is 0 Å². The van der Waals surface area contributed by atoms with Crippen LogP contribution in [-0.4, -0.2) is 44.9 Å². The molecule has 0 aromatic rings. The highest BCUT2D eigenvalue weighted by Crippen LogP contribution is 2.26. The van der Waals surface area contributed by atoms with Gasteiger partial charge in [0.25, 0.3) is 0 Å². The second-order valence-corrected chi connectivity index (χ2v) is 6.64. The molecule has 0 aromatic heterocycles. The number of hydrogen-bond acceptors (Lipinski definition) is 4. The molecule has 3 atom stereocenters. The Morgan fingerprint density at radius 1 is 1.53 bits per heavy atom. The van der Waals surface area contributed by atoms with E-state index in [1.807, 2.05) is 6.92 Å². The molecular weight excluding hydrogens is 216 g/mol. The van der Waals surface area contributed by atoms with E-state index >= 15 is 0 Å². The molecule has 1 aliphatic rings. The first-order valence-electron chi connectivity index (χ1n) is 5.33. The molecule has 1 heterocycles. The van der Waals surface area contributed by atoms with Crippen LogP contribution in [0.5, 0.6) is 0 Å². The van der Waals surface area contributed by atoms with Crippen LogP contribution >= 0.6 is 0 Å². The molecule has 90 valence electrons. The number of ether oxygens (including phenoxy) is 1. The summed E-state index contributed by atoms with van der Waals surface area (Å²) in [4.78, 5) is 0. The highest BCUT2D eigenvalue weighted by atomic mass is 32.2. The monoisotopic (exact) mass is 236 g/mol. The van der Waals surface area contributed by atoms with E-state index in [1.54, 1.807) is 7.11 Å². The molecule has 0 amide bonds. The summed E-state index contributed by atoms with van der Waals surface area (Å²) >= 11 is 0. The third-order valence-corrected chi connectivity index (χ3v) is 4.90. The number of methoxy groups -OCH3 is 1. The fourth-order valence-electron chi connectivity index (χ4n) is 2.03. The van der Waals surface area contributed by atoms with E-state index in [-0.39, 0.29) is 23.3 Å². The number of hydrogen-bond donors (Lipinski definition) is 1. The van der Waals surface area contributed by atoms with Crippen molar-refractivity contribution in [3.63, 3.8) is 0 Å². The zero-order valence-corrected chi connectivity index (χ0v) is 10.2. The average Bonchev–Trinajstić information content (AvgIpc) is 2.54. The van der Waals surface area contributed by atoms with E-state index in [0.717, 1.165) is 6.42 Å². The minimum atomic E-state index is -2.89. The van der Waals surface area contributed by atoms with Crippen molar-refractivity contribution in [3.8, 4) is 0 Å². The van der Waals surface area contributed by atoms with Gasteiger partial charge >= 0.3 is 0 Å². The smallest absolute Gasteiger partial charge is 0.150 e. The van der Waals surface area contributed by atoms with Gasteiger partial charge in [-0.2, -0.15) is 0 Å². The molecule has 0 aromatic carbocycles. The topological polar surface area (TPSA) is 63.6 Å². The maximum absolute atomic E-state index is 11.2. The summed E-state index contributed by atoms with van der Waals surface area (Å²) in [7, 11) is -1.26. The largest absolute Gasteiger partial charge is 0.393 e. The predicted octanol–water partition coefficient (Wildman–Crippen LogP) is 0.455. The molecule has 1 aliphatic heterocycles. The summed E-state index contributed by atoms with van der Waals surface area (Å²) in [6.45, 7) is 2.55. The lowest BCUT2D eigenvalue weighted by atomic mass is 9.90. The van der Waals surface area contributed by atoms with Gasteiger partial charge in [0.1, 0.15) is 0 Å². The lowest BCUT2D eigenvalue weighted by molar-refractivity contribution is 0.0501. The van der Waals surface area contributed by atoms with Crippen molar-refractivity contribution in [2.24, 2.45) is 11.8 Å². The van der Waals surface area contributed by atoms with Gasteiger partial charge in [-0.3, -0.25) is 0 Å². The average molecular weight is 236 g/mol. The molecule has 0 radical (unpaired) electrons. The second kappa shape index (κ2) is 5.27. The minimum absolute atomic E-state index is 0.0816. The van der Waals surface area contributed by atoms with Crippen LogP contribution in [0.4, 0.5) is 0 Å². The summed E-state index contributed by atoms with van der Waals surface area (Å²) in [6.07, 6.45) is 0.854. The molecule has 0 bridgehead atoms. The Labute approximate surface area is 91.6 Å². The predicted molar refractivity (Wildman–Crippen MR) is 58.4 cm³/mol. The van der Waals surface area contributed by atoms with Crippen LogP contribution in [0.3, 0.4) is 0 Å². The number of aliphatic hydroxyl groups excluding tert-OH is 1. The minimum Gasteiger partial charge on any atom is -0.393 e. The zero-order chi connectivity index (χ0) is 11.5. The van der Waals surface area contributed by atoms with Crippen molar-refractivity contribution in [1.29, 1.82) is 0 Å². The fraction of sp³-hybridized carbons (Fsp3) is 1.00. The Kier molecular flexibility index (Phi) is 4.55. The molecule has 0 spiro atoms. The molecule has 1 saturated heterocycles. The molecule has 15 heavy (non-hydrogen) atoms. The molecule has 1 rings (SSSR count). The Balaban J connectivity index is 2.43. The lowest BCUT2D eigenvalue weighted by Gasteiger charge is -2.23. The summed E-state index contributed by atoms with van der Waals surface area (Å²) < 4.78 is 27.4. The summed E-state index contributed by atoms with van der Waals surface area (Å²) in [5.74, 6) is 0.391. The molecule has 1 fully saturated rings. The van der Waals surface area contributed by atoms with Crippen LogP contribution in [0.15, 0.2) is 0 Å². The third-order valence-electron chi connectivity index (χ3n) is 3.11. The molecule has 5 heteroatoms. The standard InChI is InChI=1S/C10H20O4S/c1-8(3-5-14-2)10(11)9-4-6-15(12,13)7-9/h8-11H,3-7H2,1-2H3. The molecule has 0 aliphatic carbocycles. The van der Waals surface area contributed by atoms with Crippen LogP contribution < -0.4 is 0 Å². The summed E-state index contributed by atoms with van der Waals surface area (Å²) in [5.41, 5.74) is 0. The number of rotatable bonds is 5. The summed E-state index contributed by atoms with van der Waals surface area (Å²) in [6, 6.07) is 0. The maximum Gasteiger partial charge on any atom is 0.150 e. The Hall–Kier alpha value is -0.130. The highest BCUT2D eigenvalue weighted by molar-refractivity contribution is 7.91. The Morgan fingerprint density at radius 3 is 2.67 bits per heavy atom. The van der Waals surface area contributed by atoms with Gasteiger partial charge in [-0.1, -0.05) is 6.92 Å². The van der Waals surface area contributed by atoms with E-state index in [1.165, 1.54) is 0 Å². The maximum atomic E-state index is 11.2. The van der Waals surface area contributed by atoms with Gasteiger partial charge in [-0.05, 0) is 24.7 Å². The fourth-order valence-corrected chi connectivity index (χ4v) is 3.88. The molecule has 4 nitrogen and oxygen atoms in total. The van der Waals surface area contributed by atoms with Crippen LogP contribution in [0.2, 0.25) is 0 Å². The van der Waals surface area contributed by atoms with Crippen molar-refractivity contribution < 1.29 is 18.3 Å². The SMILES string of the molecule is COCCC(C)C(O)C1CCS(=O)(=O)C1. The Morgan fingerprint density at radius 2 is 2.20 bits per heavy atom. The van der Waals surface area contributed by atoms with E-state index in [4.69, 9.17) is 4.74 Å².